The van der Waals surface area contributed by atoms with Crippen LogP contribution in [0.3, 0.4) is 0 Å². The lowest BCUT2D eigenvalue weighted by Gasteiger charge is -2.25. The number of nitrogens with zero attached hydrogens (tertiary/aromatic N) is 1. The zero-order valence-electron chi connectivity index (χ0n) is 17.4. The van der Waals surface area contributed by atoms with Gasteiger partial charge in [0, 0.05) is 10.9 Å². The number of aromatic nitrogens is 1. The van der Waals surface area contributed by atoms with Crippen molar-refractivity contribution in [3.8, 4) is 6.07 Å². The van der Waals surface area contributed by atoms with Gasteiger partial charge in [-0.05, 0) is 38.8 Å². The minimum atomic E-state index is -1.24. The third-order valence-electron chi connectivity index (χ3n) is 4.29. The van der Waals surface area contributed by atoms with Gasteiger partial charge in [-0.25, -0.2) is 4.79 Å². The number of carbonyl (C=O) groups is 3. The number of benzene rings is 1. The molecule has 0 saturated carbocycles. The third-order valence-corrected chi connectivity index (χ3v) is 4.29. The van der Waals surface area contributed by atoms with Crippen LogP contribution in [-0.4, -0.2) is 47.6 Å². The van der Waals surface area contributed by atoms with Crippen LogP contribution in [0.2, 0.25) is 0 Å². The summed E-state index contributed by atoms with van der Waals surface area (Å²) in [6.45, 7) is 5.02. The Morgan fingerprint density at radius 2 is 1.93 bits per heavy atom. The lowest BCUT2D eigenvalue weighted by Crippen LogP contribution is -2.51. The predicted molar refractivity (Wildman–Crippen MR) is 109 cm³/mol. The highest BCUT2D eigenvalue weighted by Gasteiger charge is 2.31. The van der Waals surface area contributed by atoms with Crippen molar-refractivity contribution >= 4 is 28.7 Å². The molecule has 2 aromatic rings. The van der Waals surface area contributed by atoms with E-state index in [1.165, 1.54) is 7.11 Å². The molecule has 160 valence electrons. The van der Waals surface area contributed by atoms with E-state index in [4.69, 9.17) is 10.5 Å². The third kappa shape index (κ3) is 5.81. The molecule has 1 amide bonds. The summed E-state index contributed by atoms with van der Waals surface area (Å²) in [6.07, 6.45) is -0.321. The topological polar surface area (TPSA) is 147 Å². The van der Waals surface area contributed by atoms with E-state index < -0.39 is 35.5 Å². The molecule has 2 rings (SSSR count). The standard InChI is InChI=1S/C21H26N4O5/c1-21(2,3)30-20(28)16(10-18(26)29-4)25-19(27)14(23)9-13-12-7-5-6-8-15(12)24-17(13)11-22/h5-8,14,16,24H,9-10,23H2,1-4H3,(H,25,27)/t14-,16-/m1/s1. The highest BCUT2D eigenvalue weighted by Crippen LogP contribution is 2.23. The van der Waals surface area contributed by atoms with Crippen molar-refractivity contribution < 1.29 is 23.9 Å². The molecule has 0 aliphatic carbocycles. The fraction of sp³-hybridized carbons (Fsp3) is 0.429. The first-order valence-corrected chi connectivity index (χ1v) is 9.41. The van der Waals surface area contributed by atoms with Crippen LogP contribution in [0.4, 0.5) is 0 Å². The number of hydrogen-bond acceptors (Lipinski definition) is 7. The number of fused-ring (bicyclic) bond motifs is 1. The quantitative estimate of drug-likeness (QED) is 0.578. The van der Waals surface area contributed by atoms with Crippen LogP contribution < -0.4 is 11.1 Å². The Balaban J connectivity index is 2.18. The van der Waals surface area contributed by atoms with Gasteiger partial charge in [0.15, 0.2) is 0 Å². The molecule has 0 unspecified atom stereocenters. The van der Waals surface area contributed by atoms with Gasteiger partial charge in [-0.15, -0.1) is 0 Å². The van der Waals surface area contributed by atoms with Gasteiger partial charge in [-0.1, -0.05) is 18.2 Å². The normalized spacial score (nSPS) is 13.2. The Kier molecular flexibility index (Phi) is 7.19. The molecule has 0 radical (unpaired) electrons. The second kappa shape index (κ2) is 9.41. The Morgan fingerprint density at radius 1 is 1.27 bits per heavy atom. The zero-order chi connectivity index (χ0) is 22.5. The van der Waals surface area contributed by atoms with Gasteiger partial charge in [0.2, 0.25) is 5.91 Å². The number of ether oxygens (including phenoxy) is 2. The largest absolute Gasteiger partial charge is 0.469 e. The summed E-state index contributed by atoms with van der Waals surface area (Å²) >= 11 is 0. The smallest absolute Gasteiger partial charge is 0.329 e. The molecule has 1 heterocycles. The first-order chi connectivity index (χ1) is 14.1. The van der Waals surface area contributed by atoms with Crippen LogP contribution in [-0.2, 0) is 30.3 Å². The lowest BCUT2D eigenvalue weighted by molar-refractivity contribution is -0.161. The second-order valence-electron chi connectivity index (χ2n) is 7.82. The number of amides is 1. The lowest BCUT2D eigenvalue weighted by atomic mass is 10.0. The number of nitrogens with two attached hydrogens (primary N) is 1. The summed E-state index contributed by atoms with van der Waals surface area (Å²) in [6, 6.07) is 7.07. The van der Waals surface area contributed by atoms with Crippen molar-refractivity contribution in [3.05, 3.63) is 35.5 Å². The Morgan fingerprint density at radius 3 is 2.53 bits per heavy atom. The number of aromatic amines is 1. The highest BCUT2D eigenvalue weighted by molar-refractivity contribution is 5.91. The first-order valence-electron chi connectivity index (χ1n) is 9.41. The first kappa shape index (κ1) is 22.9. The van der Waals surface area contributed by atoms with Gasteiger partial charge in [-0.2, -0.15) is 5.26 Å². The van der Waals surface area contributed by atoms with E-state index in [-0.39, 0.29) is 12.8 Å². The molecule has 1 aromatic heterocycles. The summed E-state index contributed by atoms with van der Waals surface area (Å²) < 4.78 is 9.87. The molecule has 30 heavy (non-hydrogen) atoms. The van der Waals surface area contributed by atoms with Crippen molar-refractivity contribution in [3.63, 3.8) is 0 Å². The molecular weight excluding hydrogens is 388 g/mol. The Hall–Kier alpha value is -3.38. The van der Waals surface area contributed by atoms with Gasteiger partial charge in [-0.3, -0.25) is 9.59 Å². The van der Waals surface area contributed by atoms with Crippen LogP contribution in [0, 0.1) is 11.3 Å². The van der Waals surface area contributed by atoms with E-state index in [2.05, 4.69) is 21.1 Å². The number of nitrogens with one attached hydrogen (secondary N) is 2. The van der Waals surface area contributed by atoms with E-state index in [1.54, 1.807) is 20.8 Å². The number of rotatable bonds is 7. The van der Waals surface area contributed by atoms with E-state index >= 15 is 0 Å². The molecule has 9 nitrogen and oxygen atoms in total. The van der Waals surface area contributed by atoms with Crippen molar-refractivity contribution in [1.82, 2.24) is 10.3 Å². The fourth-order valence-electron chi connectivity index (χ4n) is 2.92. The van der Waals surface area contributed by atoms with Gasteiger partial charge >= 0.3 is 11.9 Å². The molecule has 2 atom stereocenters. The molecule has 0 aliphatic rings. The number of esters is 2. The highest BCUT2D eigenvalue weighted by atomic mass is 16.6. The van der Waals surface area contributed by atoms with E-state index in [0.717, 1.165) is 10.9 Å². The summed E-state index contributed by atoms with van der Waals surface area (Å²) in [5.74, 6) is -2.09. The molecule has 9 heteroatoms. The van der Waals surface area contributed by atoms with Crippen molar-refractivity contribution in [2.45, 2.75) is 51.3 Å². The molecule has 0 aliphatic heterocycles. The van der Waals surface area contributed by atoms with E-state index in [1.807, 2.05) is 24.3 Å². The molecule has 4 N–H and O–H groups in total. The predicted octanol–water partition coefficient (Wildman–Crippen LogP) is 1.30. The number of carbonyl (C=O) groups excluding carboxylic acids is 3. The second-order valence-corrected chi connectivity index (χ2v) is 7.82. The molecular formula is C21H26N4O5. The van der Waals surface area contributed by atoms with Crippen molar-refractivity contribution in [2.24, 2.45) is 5.73 Å². The van der Waals surface area contributed by atoms with Crippen LogP contribution in [0.15, 0.2) is 24.3 Å². The van der Waals surface area contributed by atoms with Crippen LogP contribution >= 0.6 is 0 Å². The van der Waals surface area contributed by atoms with Gasteiger partial charge in [0.25, 0.3) is 0 Å². The summed E-state index contributed by atoms with van der Waals surface area (Å²) in [5, 5.41) is 12.6. The van der Waals surface area contributed by atoms with E-state index in [0.29, 0.717) is 11.3 Å². The van der Waals surface area contributed by atoms with Gasteiger partial charge < -0.3 is 25.5 Å². The van der Waals surface area contributed by atoms with Gasteiger partial charge in [0.1, 0.15) is 23.4 Å². The summed E-state index contributed by atoms with van der Waals surface area (Å²) in [5.41, 5.74) is 6.94. The number of hydrogen-bond donors (Lipinski definition) is 3. The average molecular weight is 414 g/mol. The Bertz CT molecular complexity index is 983. The molecule has 0 spiro atoms. The molecule has 1 aromatic carbocycles. The maximum Gasteiger partial charge on any atom is 0.329 e. The number of H-pyrrole nitrogens is 1. The SMILES string of the molecule is COC(=O)C[C@@H](NC(=O)[C@H](N)Cc1c(C#N)[nH]c2ccccc12)C(=O)OC(C)(C)C. The molecule has 0 bridgehead atoms. The zero-order valence-corrected chi connectivity index (χ0v) is 17.4. The number of methoxy groups -OCH3 is 1. The van der Waals surface area contributed by atoms with Crippen molar-refractivity contribution in [1.29, 1.82) is 5.26 Å². The minimum Gasteiger partial charge on any atom is -0.469 e. The fourth-order valence-corrected chi connectivity index (χ4v) is 2.92. The summed E-state index contributed by atoms with van der Waals surface area (Å²) in [4.78, 5) is 39.8. The minimum absolute atomic E-state index is 0.0675. The Labute approximate surface area is 174 Å². The summed E-state index contributed by atoms with van der Waals surface area (Å²) in [7, 11) is 1.18. The van der Waals surface area contributed by atoms with Crippen LogP contribution in [0.5, 0.6) is 0 Å². The average Bonchev–Trinajstić information content (AvgIpc) is 3.03. The van der Waals surface area contributed by atoms with Crippen molar-refractivity contribution in [2.75, 3.05) is 7.11 Å². The molecule has 0 saturated heterocycles. The number of nitriles is 1. The monoisotopic (exact) mass is 414 g/mol. The van der Waals surface area contributed by atoms with Gasteiger partial charge in [0.05, 0.1) is 19.6 Å². The molecule has 0 fully saturated rings. The number of para-hydroxylation sites is 1. The maximum atomic E-state index is 12.7. The van der Waals surface area contributed by atoms with Crippen LogP contribution in [0.1, 0.15) is 38.4 Å². The van der Waals surface area contributed by atoms with Crippen LogP contribution in [0.25, 0.3) is 10.9 Å². The van der Waals surface area contributed by atoms with E-state index in [9.17, 15) is 19.6 Å². The maximum absolute atomic E-state index is 12.7.